The maximum absolute atomic E-state index is 13.4. The van der Waals surface area contributed by atoms with Crippen molar-refractivity contribution < 1.29 is 17.9 Å². The second-order valence-electron chi connectivity index (χ2n) is 8.40. The van der Waals surface area contributed by atoms with Gasteiger partial charge in [-0.15, -0.1) is 5.10 Å². The number of nitrogens with zero attached hydrogens (tertiary/aromatic N) is 5. The number of anilines is 1. The molecule has 1 aliphatic rings. The fraction of sp³-hybridized carbons (Fsp3) is 0.304. The molecule has 2 atom stereocenters. The fourth-order valence-corrected chi connectivity index (χ4v) is 4.41. The molecule has 1 fully saturated rings. The molecule has 1 aliphatic heterocycles. The first-order chi connectivity index (χ1) is 16.6. The maximum Gasteiger partial charge on any atom is 0.394 e. The highest BCUT2D eigenvalue weighted by atomic mass is 19.4. The van der Waals surface area contributed by atoms with Crippen LogP contribution < -0.4 is 17.0 Å². The van der Waals surface area contributed by atoms with Gasteiger partial charge in [-0.3, -0.25) is 4.79 Å². The van der Waals surface area contributed by atoms with E-state index in [2.05, 4.69) is 10.1 Å². The van der Waals surface area contributed by atoms with Gasteiger partial charge in [-0.25, -0.2) is 18.9 Å². The summed E-state index contributed by atoms with van der Waals surface area (Å²) < 4.78 is 48.9. The molecule has 0 amide bonds. The number of aromatic nitrogens is 5. The number of nitrogens with two attached hydrogens (primary N) is 1. The number of hydrogen-bond acceptors (Lipinski definition) is 6. The van der Waals surface area contributed by atoms with Crippen molar-refractivity contribution in [2.75, 3.05) is 12.3 Å². The molecule has 0 unspecified atom stereocenters. The molecule has 0 radical (unpaired) electrons. The molecule has 9 nitrogen and oxygen atoms in total. The van der Waals surface area contributed by atoms with Crippen molar-refractivity contribution >= 4 is 11.6 Å². The van der Waals surface area contributed by atoms with Crippen LogP contribution >= 0.6 is 0 Å². The number of rotatable bonds is 4. The molecule has 12 heteroatoms. The molecule has 1 saturated heterocycles. The van der Waals surface area contributed by atoms with Crippen molar-refractivity contribution in [3.8, 4) is 22.4 Å². The second-order valence-corrected chi connectivity index (χ2v) is 8.40. The normalized spacial score (nSPS) is 18.4. The summed E-state index contributed by atoms with van der Waals surface area (Å²) in [6, 6.07) is 12.0. The minimum absolute atomic E-state index is 0.0535. The zero-order valence-corrected chi connectivity index (χ0v) is 18.6. The van der Waals surface area contributed by atoms with Gasteiger partial charge in [0.2, 0.25) is 11.5 Å². The SMILES string of the molecule is Cn1cc(-c2c(-c3ccccc3)nc(N)n3c(=O)n(C[C@@H]4OCC[C@H]4C(F)(F)F)nc23)ccc1=O. The highest BCUT2D eigenvalue weighted by molar-refractivity contribution is 5.90. The number of alkyl halides is 3. The first kappa shape index (κ1) is 22.8. The lowest BCUT2D eigenvalue weighted by Gasteiger charge is -2.20. The number of ether oxygens (including phenoxy) is 1. The van der Waals surface area contributed by atoms with E-state index in [0.29, 0.717) is 22.4 Å². The van der Waals surface area contributed by atoms with Crippen LogP contribution in [0.4, 0.5) is 19.1 Å². The van der Waals surface area contributed by atoms with Gasteiger partial charge < -0.3 is 15.0 Å². The molecular formula is C23H21F3N6O3. The summed E-state index contributed by atoms with van der Waals surface area (Å²) >= 11 is 0. The molecule has 5 rings (SSSR count). The zero-order chi connectivity index (χ0) is 24.9. The molecule has 0 saturated carbocycles. The van der Waals surface area contributed by atoms with E-state index in [1.165, 1.54) is 10.6 Å². The van der Waals surface area contributed by atoms with Crippen LogP contribution in [0.3, 0.4) is 0 Å². The Morgan fingerprint density at radius 2 is 1.86 bits per heavy atom. The van der Waals surface area contributed by atoms with Gasteiger partial charge in [0, 0.05) is 37.0 Å². The smallest absolute Gasteiger partial charge is 0.376 e. The van der Waals surface area contributed by atoms with Crippen LogP contribution in [-0.2, 0) is 18.3 Å². The highest BCUT2D eigenvalue weighted by Gasteiger charge is 2.48. The number of hydrogen-bond donors (Lipinski definition) is 1. The van der Waals surface area contributed by atoms with Gasteiger partial charge >= 0.3 is 11.9 Å². The maximum atomic E-state index is 13.4. The number of aryl methyl sites for hydroxylation is 1. The summed E-state index contributed by atoms with van der Waals surface area (Å²) in [5.74, 6) is -1.86. The van der Waals surface area contributed by atoms with Crippen LogP contribution in [0.15, 0.2) is 58.3 Å². The summed E-state index contributed by atoms with van der Waals surface area (Å²) in [6.07, 6.45) is -4.31. The summed E-state index contributed by atoms with van der Waals surface area (Å²) in [5, 5.41) is 4.38. The van der Waals surface area contributed by atoms with Gasteiger partial charge in [0.1, 0.15) is 0 Å². The lowest BCUT2D eigenvalue weighted by Crippen LogP contribution is -2.36. The Bertz CT molecular complexity index is 1520. The van der Waals surface area contributed by atoms with Gasteiger partial charge in [0.25, 0.3) is 0 Å². The van der Waals surface area contributed by atoms with E-state index < -0.39 is 30.4 Å². The summed E-state index contributed by atoms with van der Waals surface area (Å²) in [6.45, 7) is -0.445. The summed E-state index contributed by atoms with van der Waals surface area (Å²) in [5.41, 5.74) is 7.33. The summed E-state index contributed by atoms with van der Waals surface area (Å²) in [7, 11) is 1.58. The molecule has 1 aromatic carbocycles. The lowest BCUT2D eigenvalue weighted by molar-refractivity contribution is -0.187. The molecule has 182 valence electrons. The minimum Gasteiger partial charge on any atom is -0.376 e. The van der Waals surface area contributed by atoms with E-state index in [9.17, 15) is 22.8 Å². The Labute approximate surface area is 196 Å². The number of pyridine rings is 1. The van der Waals surface area contributed by atoms with E-state index in [4.69, 9.17) is 10.5 Å². The van der Waals surface area contributed by atoms with Crippen molar-refractivity contribution in [1.82, 2.24) is 23.7 Å². The number of halogens is 3. The number of nitrogen functional groups attached to an aromatic ring is 1. The largest absolute Gasteiger partial charge is 0.394 e. The predicted octanol–water partition coefficient (Wildman–Crippen LogP) is 2.47. The molecule has 2 N–H and O–H groups in total. The molecule has 35 heavy (non-hydrogen) atoms. The van der Waals surface area contributed by atoms with Gasteiger partial charge in [-0.2, -0.15) is 13.2 Å². The van der Waals surface area contributed by atoms with Gasteiger partial charge in [0.15, 0.2) is 5.65 Å². The highest BCUT2D eigenvalue weighted by Crippen LogP contribution is 2.38. The predicted molar refractivity (Wildman–Crippen MR) is 122 cm³/mol. The van der Waals surface area contributed by atoms with Gasteiger partial charge in [0.05, 0.1) is 29.8 Å². The van der Waals surface area contributed by atoms with Crippen LogP contribution in [0.25, 0.3) is 28.0 Å². The average Bonchev–Trinajstić information content (AvgIpc) is 3.42. The van der Waals surface area contributed by atoms with Crippen LogP contribution in [0.5, 0.6) is 0 Å². The topological polar surface area (TPSA) is 109 Å². The van der Waals surface area contributed by atoms with Gasteiger partial charge in [-0.05, 0) is 12.5 Å². The lowest BCUT2D eigenvalue weighted by atomic mass is 10.0. The summed E-state index contributed by atoms with van der Waals surface area (Å²) in [4.78, 5) is 29.6. The molecule has 3 aromatic heterocycles. The van der Waals surface area contributed by atoms with E-state index >= 15 is 0 Å². The first-order valence-corrected chi connectivity index (χ1v) is 10.8. The van der Waals surface area contributed by atoms with Crippen molar-refractivity contribution in [3.05, 3.63) is 69.5 Å². The zero-order valence-electron chi connectivity index (χ0n) is 18.6. The first-order valence-electron chi connectivity index (χ1n) is 10.8. The van der Waals surface area contributed by atoms with E-state index in [1.807, 2.05) is 6.07 Å². The Hall–Kier alpha value is -3.93. The third-order valence-corrected chi connectivity index (χ3v) is 6.16. The van der Waals surface area contributed by atoms with Gasteiger partial charge in [-0.1, -0.05) is 30.3 Å². The Morgan fingerprint density at radius 1 is 1.11 bits per heavy atom. The van der Waals surface area contributed by atoms with Crippen LogP contribution in [0, 0.1) is 5.92 Å². The van der Waals surface area contributed by atoms with Crippen molar-refractivity contribution in [2.24, 2.45) is 13.0 Å². The average molecular weight is 486 g/mol. The fourth-order valence-electron chi connectivity index (χ4n) is 4.41. The number of fused-ring (bicyclic) bond motifs is 1. The number of benzene rings is 1. The Morgan fingerprint density at radius 3 is 2.54 bits per heavy atom. The van der Waals surface area contributed by atoms with Crippen LogP contribution in [0.2, 0.25) is 0 Å². The van der Waals surface area contributed by atoms with Crippen molar-refractivity contribution in [2.45, 2.75) is 25.2 Å². The van der Waals surface area contributed by atoms with E-state index in [0.717, 1.165) is 9.08 Å². The molecule has 0 spiro atoms. The third kappa shape index (κ3) is 3.99. The van der Waals surface area contributed by atoms with Crippen molar-refractivity contribution in [3.63, 3.8) is 0 Å². The van der Waals surface area contributed by atoms with E-state index in [-0.39, 0.29) is 30.2 Å². The van der Waals surface area contributed by atoms with Crippen LogP contribution in [-0.4, -0.2) is 42.6 Å². The molecular weight excluding hydrogens is 465 g/mol. The minimum atomic E-state index is -4.45. The monoisotopic (exact) mass is 486 g/mol. The van der Waals surface area contributed by atoms with Crippen LogP contribution in [0.1, 0.15) is 6.42 Å². The van der Waals surface area contributed by atoms with Crippen molar-refractivity contribution in [1.29, 1.82) is 0 Å². The quantitative estimate of drug-likeness (QED) is 0.475. The molecule has 4 heterocycles. The second kappa shape index (κ2) is 8.38. The Balaban J connectivity index is 1.74. The molecule has 4 aromatic rings. The molecule has 0 bridgehead atoms. The third-order valence-electron chi connectivity index (χ3n) is 6.16. The Kier molecular flexibility index (Phi) is 5.47. The standard InChI is InChI=1S/C23H21F3N6O3/c1-30-11-14(7-8-17(30)33)18-19(13-5-3-2-4-6-13)28-21(27)32-20(18)29-31(22(32)34)12-16-15(9-10-35-16)23(24,25)26/h2-8,11,15-16H,9-10,12H2,1H3,(H2,27,28)/t15-,16+/m1/s1. The molecule has 0 aliphatic carbocycles. The van der Waals surface area contributed by atoms with E-state index in [1.54, 1.807) is 43.6 Å².